The van der Waals surface area contributed by atoms with Gasteiger partial charge in [-0.3, -0.25) is 4.79 Å². The molecule has 6 nitrogen and oxygen atoms in total. The van der Waals surface area contributed by atoms with Crippen LogP contribution in [-0.2, 0) is 20.5 Å². The van der Waals surface area contributed by atoms with Crippen LogP contribution in [0.4, 0.5) is 0 Å². The van der Waals surface area contributed by atoms with Gasteiger partial charge in [0.25, 0.3) is 0 Å². The van der Waals surface area contributed by atoms with E-state index in [4.69, 9.17) is 4.74 Å². The third-order valence-electron chi connectivity index (χ3n) is 8.65. The Morgan fingerprint density at radius 1 is 0.902 bits per heavy atom. The first-order valence-electron chi connectivity index (χ1n) is 14.8. The molecule has 0 aromatic heterocycles. The molecule has 0 amide bonds. The highest BCUT2D eigenvalue weighted by Gasteiger charge is 2.41. The van der Waals surface area contributed by atoms with E-state index in [2.05, 4.69) is 4.90 Å². The first-order chi connectivity index (χ1) is 19.7. The summed E-state index contributed by atoms with van der Waals surface area (Å²) in [5, 5.41) is 32.1. The lowest BCUT2D eigenvalue weighted by Crippen LogP contribution is -2.44. The largest absolute Gasteiger partial charge is 0.460 e. The van der Waals surface area contributed by atoms with Gasteiger partial charge in [0.1, 0.15) is 11.7 Å². The monoisotopic (exact) mass is 559 g/mol. The fourth-order valence-electron chi connectivity index (χ4n) is 5.88. The van der Waals surface area contributed by atoms with Crippen molar-refractivity contribution in [1.82, 2.24) is 4.90 Å². The summed E-state index contributed by atoms with van der Waals surface area (Å²) in [5.41, 5.74) is 1.65. The molecule has 1 fully saturated rings. The van der Waals surface area contributed by atoms with Gasteiger partial charge in [0.2, 0.25) is 0 Å². The first kappa shape index (κ1) is 30.9. The SMILES string of the molecule is CC(CO)OC(=O)C(C)(C)c1ccc(C(O)CCCN2CCC(C(O)(c3ccccc3)c3ccccc3)CC2)cc1. The molecule has 1 aliphatic rings. The van der Waals surface area contributed by atoms with Crippen molar-refractivity contribution in [3.8, 4) is 0 Å². The maximum Gasteiger partial charge on any atom is 0.316 e. The van der Waals surface area contributed by atoms with E-state index in [1.165, 1.54) is 0 Å². The van der Waals surface area contributed by atoms with Crippen molar-refractivity contribution in [3.05, 3.63) is 107 Å². The lowest BCUT2D eigenvalue weighted by Gasteiger charge is -2.42. The van der Waals surface area contributed by atoms with Crippen LogP contribution in [0.1, 0.15) is 74.8 Å². The van der Waals surface area contributed by atoms with E-state index in [9.17, 15) is 20.1 Å². The maximum absolute atomic E-state index is 12.6. The predicted molar refractivity (Wildman–Crippen MR) is 161 cm³/mol. The Bertz CT molecular complexity index is 1180. The summed E-state index contributed by atoms with van der Waals surface area (Å²) in [6.07, 6.45) is 2.20. The molecule has 0 saturated carbocycles. The lowest BCUT2D eigenvalue weighted by molar-refractivity contribution is -0.155. The molecule has 6 heteroatoms. The van der Waals surface area contributed by atoms with E-state index in [-0.39, 0.29) is 18.5 Å². The summed E-state index contributed by atoms with van der Waals surface area (Å²) in [7, 11) is 0. The number of benzene rings is 3. The molecular weight excluding hydrogens is 514 g/mol. The molecule has 0 bridgehead atoms. The Morgan fingerprint density at radius 3 is 1.95 bits per heavy atom. The van der Waals surface area contributed by atoms with E-state index in [0.717, 1.165) is 61.2 Å². The average molecular weight is 560 g/mol. The second-order valence-corrected chi connectivity index (χ2v) is 11.9. The number of likely N-dealkylation sites (tertiary alicyclic amines) is 1. The number of aliphatic hydroxyl groups is 3. The molecule has 0 spiro atoms. The lowest BCUT2D eigenvalue weighted by atomic mass is 9.72. The Balaban J connectivity index is 1.29. The standard InChI is InChI=1S/C35H45NO5/c1-26(25-37)41-33(39)34(2,3)28-18-16-27(17-19-28)32(38)15-10-22-36-23-20-31(21-24-36)35(40,29-11-6-4-7-12-29)30-13-8-5-9-14-30/h4-9,11-14,16-19,26,31-32,37-38,40H,10,15,20-25H2,1-3H3. The minimum atomic E-state index is -1.01. The summed E-state index contributed by atoms with van der Waals surface area (Å²) in [6.45, 7) is 7.77. The van der Waals surface area contributed by atoms with Crippen LogP contribution in [0, 0.1) is 5.92 Å². The van der Waals surface area contributed by atoms with E-state index >= 15 is 0 Å². The molecule has 4 rings (SSSR count). The Kier molecular flexibility index (Phi) is 10.4. The molecule has 1 heterocycles. The summed E-state index contributed by atoms with van der Waals surface area (Å²) in [5.74, 6) is -0.261. The molecular formula is C35H45NO5. The Morgan fingerprint density at radius 2 is 1.44 bits per heavy atom. The van der Waals surface area contributed by atoms with Gasteiger partial charge in [-0.1, -0.05) is 84.9 Å². The number of aliphatic hydroxyl groups excluding tert-OH is 2. The summed E-state index contributed by atoms with van der Waals surface area (Å²) < 4.78 is 5.32. The van der Waals surface area contributed by atoms with Crippen LogP contribution in [0.2, 0.25) is 0 Å². The number of nitrogens with zero attached hydrogens (tertiary/aromatic N) is 1. The normalized spacial score (nSPS) is 16.7. The first-order valence-corrected chi connectivity index (χ1v) is 14.8. The summed E-state index contributed by atoms with van der Waals surface area (Å²) in [6, 6.07) is 27.5. The number of hydrogen-bond donors (Lipinski definition) is 3. The molecule has 220 valence electrons. The zero-order chi connectivity index (χ0) is 29.5. The van der Waals surface area contributed by atoms with Crippen LogP contribution in [0.25, 0.3) is 0 Å². The van der Waals surface area contributed by atoms with Crippen LogP contribution >= 0.6 is 0 Å². The number of esters is 1. The van der Waals surface area contributed by atoms with Crippen molar-refractivity contribution >= 4 is 5.97 Å². The van der Waals surface area contributed by atoms with E-state index in [0.29, 0.717) is 6.42 Å². The van der Waals surface area contributed by atoms with Crippen LogP contribution < -0.4 is 0 Å². The number of rotatable bonds is 12. The van der Waals surface area contributed by atoms with Gasteiger partial charge in [0.15, 0.2) is 0 Å². The summed E-state index contributed by atoms with van der Waals surface area (Å²) >= 11 is 0. The van der Waals surface area contributed by atoms with Crippen molar-refractivity contribution in [3.63, 3.8) is 0 Å². The second kappa shape index (κ2) is 13.8. The van der Waals surface area contributed by atoms with Gasteiger partial charge in [-0.2, -0.15) is 0 Å². The molecule has 3 aromatic rings. The van der Waals surface area contributed by atoms with Gasteiger partial charge < -0.3 is 25.0 Å². The quantitative estimate of drug-likeness (QED) is 0.259. The summed E-state index contributed by atoms with van der Waals surface area (Å²) in [4.78, 5) is 15.0. The third-order valence-corrected chi connectivity index (χ3v) is 8.65. The highest BCUT2D eigenvalue weighted by atomic mass is 16.6. The number of hydrogen-bond acceptors (Lipinski definition) is 6. The predicted octanol–water partition coefficient (Wildman–Crippen LogP) is 5.35. The zero-order valence-electron chi connectivity index (χ0n) is 24.6. The molecule has 0 aliphatic carbocycles. The average Bonchev–Trinajstić information content (AvgIpc) is 3.01. The number of carbonyl (C=O) groups excluding carboxylic acids is 1. The van der Waals surface area contributed by atoms with Crippen molar-refractivity contribution in [2.24, 2.45) is 5.92 Å². The highest BCUT2D eigenvalue weighted by molar-refractivity contribution is 5.82. The van der Waals surface area contributed by atoms with Crippen molar-refractivity contribution in [2.45, 2.75) is 69.7 Å². The third kappa shape index (κ3) is 7.25. The van der Waals surface area contributed by atoms with Crippen molar-refractivity contribution in [1.29, 1.82) is 0 Å². The van der Waals surface area contributed by atoms with Crippen LogP contribution in [0.15, 0.2) is 84.9 Å². The Hall–Kier alpha value is -3.03. The molecule has 3 N–H and O–H groups in total. The zero-order valence-corrected chi connectivity index (χ0v) is 24.6. The van der Waals surface area contributed by atoms with Crippen LogP contribution in [0.5, 0.6) is 0 Å². The van der Waals surface area contributed by atoms with Gasteiger partial charge in [-0.15, -0.1) is 0 Å². The molecule has 1 saturated heterocycles. The minimum absolute atomic E-state index is 0.126. The van der Waals surface area contributed by atoms with E-state index in [1.54, 1.807) is 20.8 Å². The van der Waals surface area contributed by atoms with Gasteiger partial charge in [-0.05, 0) is 94.3 Å². The maximum atomic E-state index is 12.6. The van der Waals surface area contributed by atoms with Crippen molar-refractivity contribution < 1.29 is 24.9 Å². The fourth-order valence-corrected chi connectivity index (χ4v) is 5.88. The fraction of sp³-hybridized carbons (Fsp3) is 0.457. The van der Waals surface area contributed by atoms with E-state index in [1.807, 2.05) is 84.9 Å². The van der Waals surface area contributed by atoms with Crippen molar-refractivity contribution in [2.75, 3.05) is 26.2 Å². The second-order valence-electron chi connectivity index (χ2n) is 11.9. The molecule has 3 aromatic carbocycles. The van der Waals surface area contributed by atoms with Gasteiger partial charge in [-0.25, -0.2) is 0 Å². The number of carbonyl (C=O) groups is 1. The minimum Gasteiger partial charge on any atom is -0.460 e. The van der Waals surface area contributed by atoms with Gasteiger partial charge in [0, 0.05) is 0 Å². The number of piperidine rings is 1. The van der Waals surface area contributed by atoms with Crippen LogP contribution in [0.3, 0.4) is 0 Å². The highest BCUT2D eigenvalue weighted by Crippen LogP contribution is 2.42. The van der Waals surface area contributed by atoms with E-state index < -0.39 is 23.2 Å². The Labute approximate surface area is 244 Å². The molecule has 2 atom stereocenters. The molecule has 41 heavy (non-hydrogen) atoms. The van der Waals surface area contributed by atoms with Crippen LogP contribution in [-0.4, -0.2) is 58.5 Å². The molecule has 0 radical (unpaired) electrons. The molecule has 1 aliphatic heterocycles. The molecule has 2 unspecified atom stereocenters. The smallest absolute Gasteiger partial charge is 0.316 e. The topological polar surface area (TPSA) is 90.2 Å². The van der Waals surface area contributed by atoms with Gasteiger partial charge >= 0.3 is 5.97 Å². The van der Waals surface area contributed by atoms with Gasteiger partial charge in [0.05, 0.1) is 18.1 Å². The number of ether oxygens (including phenoxy) is 1.